The monoisotopic (exact) mass is 263 g/mol. The molecule has 0 unspecified atom stereocenters. The first-order valence-electron chi connectivity index (χ1n) is 5.30. The van der Waals surface area contributed by atoms with Crippen molar-refractivity contribution in [1.29, 1.82) is 0 Å². The highest BCUT2D eigenvalue weighted by Gasteiger charge is 2.07. The molecule has 6 heteroatoms. The van der Waals surface area contributed by atoms with Crippen LogP contribution in [0.4, 0.5) is 5.69 Å². The van der Waals surface area contributed by atoms with Gasteiger partial charge in [0.05, 0.1) is 24.9 Å². The van der Waals surface area contributed by atoms with Gasteiger partial charge in [0, 0.05) is 16.6 Å². The van der Waals surface area contributed by atoms with Gasteiger partial charge in [0.2, 0.25) is 5.91 Å². The van der Waals surface area contributed by atoms with Gasteiger partial charge < -0.3 is 15.8 Å². The minimum Gasteiger partial charge on any atom is -0.495 e. The summed E-state index contributed by atoms with van der Waals surface area (Å²) in [4.78, 5) is 16.2. The summed E-state index contributed by atoms with van der Waals surface area (Å²) >= 11 is 1.56. The summed E-state index contributed by atoms with van der Waals surface area (Å²) in [6, 6.07) is 5.04. The number of nitrogens with two attached hydrogens (primary N) is 1. The zero-order chi connectivity index (χ0) is 13.0. The number of rotatable bonds is 5. The predicted octanol–water partition coefficient (Wildman–Crippen LogP) is 1.86. The van der Waals surface area contributed by atoms with E-state index in [4.69, 9.17) is 10.5 Å². The van der Waals surface area contributed by atoms with Gasteiger partial charge >= 0.3 is 0 Å². The minimum absolute atomic E-state index is 0.447. The van der Waals surface area contributed by atoms with Crippen LogP contribution in [0, 0.1) is 0 Å². The van der Waals surface area contributed by atoms with E-state index >= 15 is 0 Å². The van der Waals surface area contributed by atoms with Crippen molar-refractivity contribution < 1.29 is 9.53 Å². The topological polar surface area (TPSA) is 77.2 Å². The van der Waals surface area contributed by atoms with Crippen molar-refractivity contribution in [2.75, 3.05) is 12.4 Å². The number of nitrogens with zero attached hydrogens (tertiary/aromatic N) is 1. The maximum absolute atomic E-state index is 11.1. The molecule has 0 saturated carbocycles. The molecule has 2 aromatic rings. The fourth-order valence-corrected chi connectivity index (χ4v) is 2.05. The second-order valence-electron chi connectivity index (χ2n) is 3.60. The highest BCUT2D eigenvalue weighted by Crippen LogP contribution is 2.26. The Morgan fingerprint density at radius 3 is 3.00 bits per heavy atom. The number of primary amides is 1. The number of hydrogen-bond acceptors (Lipinski definition) is 5. The molecule has 0 bridgehead atoms. The number of methoxy groups -OCH3 is 1. The Kier molecular flexibility index (Phi) is 3.78. The first-order valence-corrected chi connectivity index (χ1v) is 6.17. The van der Waals surface area contributed by atoms with Crippen molar-refractivity contribution in [3.63, 3.8) is 0 Å². The largest absolute Gasteiger partial charge is 0.495 e. The van der Waals surface area contributed by atoms with Gasteiger partial charge in [-0.1, -0.05) is 0 Å². The molecule has 5 nitrogen and oxygen atoms in total. The molecule has 0 spiro atoms. The fourth-order valence-electron chi connectivity index (χ4n) is 1.51. The lowest BCUT2D eigenvalue weighted by Gasteiger charge is -2.11. The molecule has 1 aromatic heterocycles. The Bertz CT molecular complexity index is 540. The van der Waals surface area contributed by atoms with E-state index in [0.29, 0.717) is 17.9 Å². The molecule has 0 atom stereocenters. The lowest BCUT2D eigenvalue weighted by atomic mass is 10.1. The second-order valence-corrected chi connectivity index (χ2v) is 4.57. The number of carbonyl (C=O) groups is 1. The van der Waals surface area contributed by atoms with Crippen LogP contribution in [-0.4, -0.2) is 18.0 Å². The smallest absolute Gasteiger partial charge is 0.248 e. The van der Waals surface area contributed by atoms with Gasteiger partial charge in [-0.15, -0.1) is 11.3 Å². The molecular weight excluding hydrogens is 250 g/mol. The summed E-state index contributed by atoms with van der Waals surface area (Å²) in [6.45, 7) is 0.628. The van der Waals surface area contributed by atoms with E-state index in [2.05, 4.69) is 10.3 Å². The summed E-state index contributed by atoms with van der Waals surface area (Å²) in [5.74, 6) is 0.211. The van der Waals surface area contributed by atoms with Crippen molar-refractivity contribution in [1.82, 2.24) is 4.98 Å². The molecule has 0 aliphatic carbocycles. The molecule has 0 radical (unpaired) electrons. The van der Waals surface area contributed by atoms with Crippen molar-refractivity contribution in [2.24, 2.45) is 5.73 Å². The molecule has 1 aromatic carbocycles. The number of amides is 1. The first kappa shape index (κ1) is 12.4. The van der Waals surface area contributed by atoms with Crippen molar-refractivity contribution in [3.8, 4) is 5.75 Å². The number of ether oxygens (including phenoxy) is 1. The molecule has 0 aliphatic heterocycles. The Hall–Kier alpha value is -2.08. The van der Waals surface area contributed by atoms with Crippen molar-refractivity contribution >= 4 is 22.9 Å². The molecule has 0 fully saturated rings. The highest BCUT2D eigenvalue weighted by atomic mass is 32.1. The quantitative estimate of drug-likeness (QED) is 0.863. The van der Waals surface area contributed by atoms with E-state index in [-0.39, 0.29) is 0 Å². The Labute approximate surface area is 109 Å². The first-order chi connectivity index (χ1) is 8.70. The van der Waals surface area contributed by atoms with Gasteiger partial charge in [0.1, 0.15) is 5.75 Å². The number of thiazole rings is 1. The van der Waals surface area contributed by atoms with Gasteiger partial charge in [-0.3, -0.25) is 9.78 Å². The molecule has 3 N–H and O–H groups in total. The van der Waals surface area contributed by atoms with Crippen molar-refractivity contribution in [3.05, 3.63) is 40.3 Å². The van der Waals surface area contributed by atoms with Crippen LogP contribution in [0.25, 0.3) is 0 Å². The number of aromatic nitrogens is 1. The third-order valence-corrected chi connectivity index (χ3v) is 3.20. The number of anilines is 1. The summed E-state index contributed by atoms with van der Waals surface area (Å²) in [6.07, 6.45) is 1.79. The Morgan fingerprint density at radius 2 is 2.39 bits per heavy atom. The van der Waals surface area contributed by atoms with Crippen LogP contribution < -0.4 is 15.8 Å². The molecular formula is C12H13N3O2S. The van der Waals surface area contributed by atoms with Crippen molar-refractivity contribution in [2.45, 2.75) is 6.54 Å². The normalized spacial score (nSPS) is 10.1. The van der Waals surface area contributed by atoms with E-state index in [1.54, 1.807) is 48.4 Å². The van der Waals surface area contributed by atoms with E-state index in [0.717, 1.165) is 10.6 Å². The minimum atomic E-state index is -0.460. The lowest BCUT2D eigenvalue weighted by molar-refractivity contribution is 0.100. The van der Waals surface area contributed by atoms with Crippen LogP contribution in [0.3, 0.4) is 0 Å². The molecule has 0 saturated heterocycles. The van der Waals surface area contributed by atoms with Crippen LogP contribution in [0.5, 0.6) is 5.75 Å². The Balaban J connectivity index is 2.18. The zero-order valence-electron chi connectivity index (χ0n) is 9.84. The molecule has 94 valence electrons. The molecule has 0 aliphatic rings. The van der Waals surface area contributed by atoms with E-state index in [9.17, 15) is 4.79 Å². The van der Waals surface area contributed by atoms with Crippen LogP contribution >= 0.6 is 11.3 Å². The van der Waals surface area contributed by atoms with E-state index in [1.807, 2.05) is 0 Å². The third-order valence-electron chi connectivity index (χ3n) is 2.42. The number of nitrogens with one attached hydrogen (secondary N) is 1. The standard InChI is InChI=1S/C12H13N3O2S/c1-17-11-3-2-8(12(13)16)4-10(11)15-6-9-5-14-7-18-9/h2-5,7,15H,6H2,1H3,(H2,13,16). The summed E-state index contributed by atoms with van der Waals surface area (Å²) in [5, 5.41) is 3.20. The zero-order valence-corrected chi connectivity index (χ0v) is 10.7. The number of benzene rings is 1. The molecule has 1 heterocycles. The van der Waals surface area contributed by atoms with Crippen LogP contribution in [0.2, 0.25) is 0 Å². The average Bonchev–Trinajstić information content (AvgIpc) is 2.89. The van der Waals surface area contributed by atoms with Crippen LogP contribution in [0.1, 0.15) is 15.2 Å². The Morgan fingerprint density at radius 1 is 1.56 bits per heavy atom. The molecule has 2 rings (SSSR count). The number of carbonyl (C=O) groups excluding carboxylic acids is 1. The molecule has 18 heavy (non-hydrogen) atoms. The maximum atomic E-state index is 11.1. The van der Waals surface area contributed by atoms with Gasteiger partial charge in [0.15, 0.2) is 0 Å². The highest BCUT2D eigenvalue weighted by molar-refractivity contribution is 7.09. The third kappa shape index (κ3) is 2.78. The lowest BCUT2D eigenvalue weighted by Crippen LogP contribution is -2.11. The van der Waals surface area contributed by atoms with Gasteiger partial charge in [-0.05, 0) is 18.2 Å². The van der Waals surface area contributed by atoms with Gasteiger partial charge in [-0.25, -0.2) is 0 Å². The van der Waals surface area contributed by atoms with E-state index < -0.39 is 5.91 Å². The maximum Gasteiger partial charge on any atom is 0.248 e. The SMILES string of the molecule is COc1ccc(C(N)=O)cc1NCc1cncs1. The van der Waals surface area contributed by atoms with Gasteiger partial charge in [-0.2, -0.15) is 0 Å². The van der Waals surface area contributed by atoms with Crippen LogP contribution in [-0.2, 0) is 6.54 Å². The summed E-state index contributed by atoms with van der Waals surface area (Å²) in [7, 11) is 1.58. The number of hydrogen-bond donors (Lipinski definition) is 2. The summed E-state index contributed by atoms with van der Waals surface area (Å²) < 4.78 is 5.22. The fraction of sp³-hybridized carbons (Fsp3) is 0.167. The predicted molar refractivity (Wildman–Crippen MR) is 71.0 cm³/mol. The summed E-state index contributed by atoms with van der Waals surface area (Å²) in [5.41, 5.74) is 8.21. The van der Waals surface area contributed by atoms with E-state index in [1.165, 1.54) is 0 Å². The second kappa shape index (κ2) is 5.50. The van der Waals surface area contributed by atoms with Gasteiger partial charge in [0.25, 0.3) is 0 Å². The molecule has 1 amide bonds. The van der Waals surface area contributed by atoms with Crippen LogP contribution in [0.15, 0.2) is 29.9 Å². The average molecular weight is 263 g/mol.